The smallest absolute Gasteiger partial charge is 0.244 e. The van der Waals surface area contributed by atoms with E-state index in [0.717, 1.165) is 17.7 Å². The second-order valence-corrected chi connectivity index (χ2v) is 4.97. The number of amides is 2. The molecular weight excluding hydrogens is 296 g/mol. The van der Waals surface area contributed by atoms with Crippen LogP contribution in [0.15, 0.2) is 30.3 Å². The normalized spacial score (nSPS) is 12.0. The van der Waals surface area contributed by atoms with Crippen molar-refractivity contribution in [3.05, 3.63) is 35.9 Å². The van der Waals surface area contributed by atoms with Gasteiger partial charge in [0.2, 0.25) is 11.8 Å². The molecule has 0 bridgehead atoms. The Morgan fingerprint density at radius 2 is 1.91 bits per heavy atom. The predicted molar refractivity (Wildman–Crippen MR) is 89.1 cm³/mol. The largest absolute Gasteiger partial charge is 0.497 e. The Bertz CT molecular complexity index is 526. The molecule has 1 unspecified atom stereocenters. The maximum absolute atomic E-state index is 11.8. The molecule has 1 atom stereocenters. The van der Waals surface area contributed by atoms with Gasteiger partial charge >= 0.3 is 0 Å². The van der Waals surface area contributed by atoms with Crippen LogP contribution in [-0.2, 0) is 14.3 Å². The second kappa shape index (κ2) is 10.4. The topological polar surface area (TPSA) is 76.7 Å². The lowest BCUT2D eigenvalue weighted by atomic mass is 10.2. The standard InChI is InChI=1S/C17H24N2O4/c1-13(17(21)18-11-4-12-22-2)19-16(20)10-7-14-5-8-15(23-3)9-6-14/h5-10,13H,4,11-12H2,1-3H3,(H,18,21)(H,19,20)/b10-7+. The zero-order valence-corrected chi connectivity index (χ0v) is 13.8. The van der Waals surface area contributed by atoms with E-state index in [1.807, 2.05) is 24.3 Å². The van der Waals surface area contributed by atoms with Crippen LogP contribution < -0.4 is 15.4 Å². The van der Waals surface area contributed by atoms with Crippen LogP contribution in [0, 0.1) is 0 Å². The molecule has 2 amide bonds. The van der Waals surface area contributed by atoms with Gasteiger partial charge < -0.3 is 20.1 Å². The molecule has 1 rings (SSSR count). The van der Waals surface area contributed by atoms with Gasteiger partial charge in [-0.15, -0.1) is 0 Å². The van der Waals surface area contributed by atoms with Gasteiger partial charge in [0, 0.05) is 26.3 Å². The van der Waals surface area contributed by atoms with E-state index in [1.54, 1.807) is 27.2 Å². The van der Waals surface area contributed by atoms with Crippen LogP contribution >= 0.6 is 0 Å². The molecule has 6 heteroatoms. The van der Waals surface area contributed by atoms with Crippen LogP contribution in [0.3, 0.4) is 0 Å². The fourth-order valence-electron chi connectivity index (χ4n) is 1.80. The van der Waals surface area contributed by atoms with E-state index in [1.165, 1.54) is 6.08 Å². The first kappa shape index (κ1) is 18.7. The number of carbonyl (C=O) groups excluding carboxylic acids is 2. The molecule has 0 aromatic heterocycles. The summed E-state index contributed by atoms with van der Waals surface area (Å²) in [6, 6.07) is 6.72. The molecule has 1 aromatic rings. The van der Waals surface area contributed by atoms with Crippen molar-refractivity contribution >= 4 is 17.9 Å². The van der Waals surface area contributed by atoms with E-state index < -0.39 is 6.04 Å². The quantitative estimate of drug-likeness (QED) is 0.532. The molecule has 0 spiro atoms. The Morgan fingerprint density at radius 1 is 1.22 bits per heavy atom. The Balaban J connectivity index is 2.39. The van der Waals surface area contributed by atoms with E-state index in [9.17, 15) is 9.59 Å². The molecule has 0 aliphatic carbocycles. The fourth-order valence-corrected chi connectivity index (χ4v) is 1.80. The van der Waals surface area contributed by atoms with Crippen LogP contribution in [0.1, 0.15) is 18.9 Å². The zero-order valence-electron chi connectivity index (χ0n) is 13.8. The second-order valence-electron chi connectivity index (χ2n) is 4.97. The van der Waals surface area contributed by atoms with Crippen LogP contribution in [0.2, 0.25) is 0 Å². The predicted octanol–water partition coefficient (Wildman–Crippen LogP) is 1.37. The maximum Gasteiger partial charge on any atom is 0.244 e. The summed E-state index contributed by atoms with van der Waals surface area (Å²) in [5.74, 6) is 0.220. The first-order valence-corrected chi connectivity index (χ1v) is 7.46. The van der Waals surface area contributed by atoms with Crippen LogP contribution in [0.5, 0.6) is 5.75 Å². The minimum atomic E-state index is -0.592. The minimum absolute atomic E-state index is 0.215. The highest BCUT2D eigenvalue weighted by Gasteiger charge is 2.13. The van der Waals surface area contributed by atoms with Gasteiger partial charge in [-0.1, -0.05) is 12.1 Å². The molecule has 0 aliphatic heterocycles. The molecule has 2 N–H and O–H groups in total. The Labute approximate surface area is 136 Å². The third-order valence-corrected chi connectivity index (χ3v) is 3.12. The van der Waals surface area contributed by atoms with Gasteiger partial charge in [0.25, 0.3) is 0 Å². The summed E-state index contributed by atoms with van der Waals surface area (Å²) < 4.78 is 9.96. The number of carbonyl (C=O) groups is 2. The van der Waals surface area contributed by atoms with E-state index in [4.69, 9.17) is 9.47 Å². The third kappa shape index (κ3) is 7.46. The van der Waals surface area contributed by atoms with Crippen LogP contribution in [-0.4, -0.2) is 45.2 Å². The fraction of sp³-hybridized carbons (Fsp3) is 0.412. The summed E-state index contributed by atoms with van der Waals surface area (Å²) in [4.78, 5) is 23.6. The van der Waals surface area contributed by atoms with E-state index in [-0.39, 0.29) is 11.8 Å². The van der Waals surface area contributed by atoms with Crippen molar-refractivity contribution in [3.8, 4) is 5.75 Å². The summed E-state index contributed by atoms with van der Waals surface area (Å²) in [7, 11) is 3.21. The maximum atomic E-state index is 11.8. The van der Waals surface area contributed by atoms with Gasteiger partial charge in [-0.2, -0.15) is 0 Å². The van der Waals surface area contributed by atoms with Gasteiger partial charge in [-0.3, -0.25) is 9.59 Å². The van der Waals surface area contributed by atoms with Crippen LogP contribution in [0.4, 0.5) is 0 Å². The molecule has 0 saturated heterocycles. The average Bonchev–Trinajstić information content (AvgIpc) is 2.57. The Kier molecular flexibility index (Phi) is 8.46. The van der Waals surface area contributed by atoms with Crippen molar-refractivity contribution in [3.63, 3.8) is 0 Å². The number of benzene rings is 1. The SMILES string of the molecule is COCCCNC(=O)C(C)NC(=O)/C=C/c1ccc(OC)cc1. The molecule has 1 aromatic carbocycles. The number of hydrogen-bond acceptors (Lipinski definition) is 4. The van der Waals surface area contributed by atoms with Crippen molar-refractivity contribution in [2.24, 2.45) is 0 Å². The molecule has 0 aliphatic rings. The van der Waals surface area contributed by atoms with Gasteiger partial charge in [0.05, 0.1) is 7.11 Å². The molecule has 23 heavy (non-hydrogen) atoms. The summed E-state index contributed by atoms with van der Waals surface area (Å²) >= 11 is 0. The monoisotopic (exact) mass is 320 g/mol. The highest BCUT2D eigenvalue weighted by molar-refractivity contribution is 5.95. The first-order valence-electron chi connectivity index (χ1n) is 7.46. The van der Waals surface area contributed by atoms with Crippen LogP contribution in [0.25, 0.3) is 6.08 Å². The van der Waals surface area contributed by atoms with E-state index in [2.05, 4.69) is 10.6 Å². The van der Waals surface area contributed by atoms with E-state index in [0.29, 0.717) is 13.2 Å². The summed E-state index contributed by atoms with van der Waals surface area (Å²) in [6.07, 6.45) is 3.81. The molecule has 0 heterocycles. The Hall–Kier alpha value is -2.34. The van der Waals surface area contributed by atoms with Gasteiger partial charge in [-0.05, 0) is 37.1 Å². The molecule has 6 nitrogen and oxygen atoms in total. The summed E-state index contributed by atoms with van der Waals surface area (Å²) in [6.45, 7) is 2.75. The van der Waals surface area contributed by atoms with E-state index >= 15 is 0 Å². The molecule has 126 valence electrons. The molecule has 0 saturated carbocycles. The highest BCUT2D eigenvalue weighted by atomic mass is 16.5. The number of rotatable bonds is 9. The number of ether oxygens (including phenoxy) is 2. The third-order valence-electron chi connectivity index (χ3n) is 3.12. The average molecular weight is 320 g/mol. The van der Waals surface area contributed by atoms with Crippen molar-refractivity contribution in [2.75, 3.05) is 27.4 Å². The van der Waals surface area contributed by atoms with Crippen molar-refractivity contribution in [2.45, 2.75) is 19.4 Å². The summed E-state index contributed by atoms with van der Waals surface area (Å²) in [5.41, 5.74) is 0.873. The summed E-state index contributed by atoms with van der Waals surface area (Å²) in [5, 5.41) is 5.36. The molecule has 0 radical (unpaired) electrons. The molecular formula is C17H24N2O4. The zero-order chi connectivity index (χ0) is 17.1. The minimum Gasteiger partial charge on any atom is -0.497 e. The lowest BCUT2D eigenvalue weighted by molar-refractivity contribution is -0.126. The first-order chi connectivity index (χ1) is 11.1. The van der Waals surface area contributed by atoms with Crippen molar-refractivity contribution in [1.82, 2.24) is 10.6 Å². The van der Waals surface area contributed by atoms with Gasteiger partial charge in [-0.25, -0.2) is 0 Å². The number of hydrogen-bond donors (Lipinski definition) is 2. The van der Waals surface area contributed by atoms with Gasteiger partial charge in [0.15, 0.2) is 0 Å². The molecule has 0 fully saturated rings. The van der Waals surface area contributed by atoms with Crippen molar-refractivity contribution in [1.29, 1.82) is 0 Å². The lowest BCUT2D eigenvalue weighted by Crippen LogP contribution is -2.44. The van der Waals surface area contributed by atoms with Crippen molar-refractivity contribution < 1.29 is 19.1 Å². The Morgan fingerprint density at radius 3 is 2.52 bits per heavy atom. The lowest BCUT2D eigenvalue weighted by Gasteiger charge is -2.12. The van der Waals surface area contributed by atoms with Gasteiger partial charge in [0.1, 0.15) is 11.8 Å². The highest BCUT2D eigenvalue weighted by Crippen LogP contribution is 2.12. The number of methoxy groups -OCH3 is 2. The number of nitrogens with one attached hydrogen (secondary N) is 2.